The average Bonchev–Trinajstić information content (AvgIpc) is 3.08. The fraction of sp³-hybridized carbons (Fsp3) is 0.400. The van der Waals surface area contributed by atoms with E-state index in [9.17, 15) is 14.4 Å². The molecule has 0 aliphatic carbocycles. The van der Waals surface area contributed by atoms with Gasteiger partial charge in [-0.2, -0.15) is 5.01 Å². The maximum Gasteiger partial charge on any atom is 0.436 e. The van der Waals surface area contributed by atoms with Crippen LogP contribution in [-0.2, 0) is 4.79 Å². The van der Waals surface area contributed by atoms with Crippen LogP contribution in [0.1, 0.15) is 31.9 Å². The van der Waals surface area contributed by atoms with E-state index >= 15 is 0 Å². The molecule has 2 saturated heterocycles. The lowest BCUT2D eigenvalue weighted by Gasteiger charge is -2.43. The first-order valence-electron chi connectivity index (χ1n) is 11.4. The van der Waals surface area contributed by atoms with Gasteiger partial charge in [0.2, 0.25) is 5.91 Å². The largest absolute Gasteiger partial charge is 0.497 e. The van der Waals surface area contributed by atoms with Gasteiger partial charge in [0.05, 0.1) is 13.7 Å². The molecule has 4 rings (SSSR count). The summed E-state index contributed by atoms with van der Waals surface area (Å²) in [6, 6.07) is 14.6. The normalized spacial score (nSPS) is 20.1. The zero-order chi connectivity index (χ0) is 24.4. The van der Waals surface area contributed by atoms with Crippen LogP contribution in [0.25, 0.3) is 0 Å². The summed E-state index contributed by atoms with van der Waals surface area (Å²) in [7, 11) is 3.07. The van der Waals surface area contributed by atoms with Gasteiger partial charge >= 0.3 is 12.1 Å². The van der Waals surface area contributed by atoms with Crippen LogP contribution in [0.4, 0.5) is 9.59 Å². The second-order valence-corrected chi connectivity index (χ2v) is 8.86. The Morgan fingerprint density at radius 1 is 1.03 bits per heavy atom. The Bertz CT molecular complexity index is 1040. The number of hydrogen-bond donors (Lipinski definition) is 0. The van der Waals surface area contributed by atoms with Crippen LogP contribution in [0.2, 0.25) is 0 Å². The molecule has 2 aromatic rings. The van der Waals surface area contributed by atoms with E-state index in [1.54, 1.807) is 36.3 Å². The Morgan fingerprint density at radius 2 is 1.68 bits per heavy atom. The second kappa shape index (κ2) is 9.62. The van der Waals surface area contributed by atoms with Gasteiger partial charge in [-0.15, -0.1) is 0 Å². The number of amides is 4. The number of hydrazine groups is 1. The second-order valence-electron chi connectivity index (χ2n) is 8.86. The number of rotatable bonds is 6. The number of benzene rings is 2. The molecule has 2 atom stereocenters. The molecule has 0 spiro atoms. The van der Waals surface area contributed by atoms with Gasteiger partial charge in [0.1, 0.15) is 17.5 Å². The van der Waals surface area contributed by atoms with Crippen LogP contribution in [0, 0.1) is 5.92 Å². The van der Waals surface area contributed by atoms with Gasteiger partial charge in [0.25, 0.3) is 0 Å². The lowest BCUT2D eigenvalue weighted by atomic mass is 10.00. The minimum absolute atomic E-state index is 0.143. The molecule has 2 aliphatic rings. The number of carbonyl (C=O) groups is 3. The average molecular weight is 467 g/mol. The predicted octanol–water partition coefficient (Wildman–Crippen LogP) is 3.73. The summed E-state index contributed by atoms with van der Waals surface area (Å²) in [5.41, 5.74) is 0.707. The van der Waals surface area contributed by atoms with E-state index in [1.165, 1.54) is 22.0 Å². The maximum atomic E-state index is 13.5. The molecule has 0 aromatic heterocycles. The fourth-order valence-electron chi connectivity index (χ4n) is 4.32. The van der Waals surface area contributed by atoms with E-state index in [0.29, 0.717) is 29.5 Å². The van der Waals surface area contributed by atoms with Crippen molar-refractivity contribution >= 4 is 18.0 Å². The van der Waals surface area contributed by atoms with Gasteiger partial charge in [-0.05, 0) is 42.2 Å². The third-order valence-electron chi connectivity index (χ3n) is 6.18. The van der Waals surface area contributed by atoms with Crippen molar-refractivity contribution in [1.29, 1.82) is 0 Å². The monoisotopic (exact) mass is 466 g/mol. The maximum absolute atomic E-state index is 13.5. The van der Waals surface area contributed by atoms with Crippen LogP contribution in [-0.4, -0.2) is 71.3 Å². The summed E-state index contributed by atoms with van der Waals surface area (Å²) in [4.78, 5) is 43.3. The third-order valence-corrected chi connectivity index (χ3v) is 6.18. The summed E-state index contributed by atoms with van der Waals surface area (Å²) in [5.74, 6) is 1.23. The van der Waals surface area contributed by atoms with Crippen molar-refractivity contribution in [3.8, 4) is 11.5 Å². The smallest absolute Gasteiger partial charge is 0.436 e. The minimum atomic E-state index is -0.819. The van der Waals surface area contributed by atoms with Crippen LogP contribution in [0.5, 0.6) is 11.5 Å². The zero-order valence-corrected chi connectivity index (χ0v) is 19.9. The van der Waals surface area contributed by atoms with E-state index in [2.05, 4.69) is 13.8 Å². The molecule has 4 amide bonds. The topological polar surface area (TPSA) is 82.6 Å². The van der Waals surface area contributed by atoms with Gasteiger partial charge in [-0.25, -0.2) is 14.6 Å². The lowest BCUT2D eigenvalue weighted by molar-refractivity contribution is -0.145. The molecule has 2 aromatic carbocycles. The number of methoxy groups -OCH3 is 1. The standard InChI is InChI=1S/C25H30N4O5/c1-17(2)14-15-27-16-21-28(22(23(27)30)18-8-6-5-7-9-18)24(31)26(3)29(21)25(32)34-20-12-10-19(33-4)11-13-20/h5-13,17,21-22H,14-16H2,1-4H3/t21?,22-/m0/s1. The van der Waals surface area contributed by atoms with E-state index in [-0.39, 0.29) is 12.5 Å². The van der Waals surface area contributed by atoms with Crippen molar-refractivity contribution in [3.05, 3.63) is 60.2 Å². The minimum Gasteiger partial charge on any atom is -0.497 e. The first-order valence-corrected chi connectivity index (χ1v) is 11.4. The summed E-state index contributed by atoms with van der Waals surface area (Å²) in [5, 5.41) is 2.52. The Hall–Kier alpha value is -3.75. The van der Waals surface area contributed by atoms with Gasteiger partial charge < -0.3 is 14.4 Å². The van der Waals surface area contributed by atoms with Crippen molar-refractivity contribution < 1.29 is 23.9 Å². The van der Waals surface area contributed by atoms with Gasteiger partial charge in [0, 0.05) is 13.6 Å². The van der Waals surface area contributed by atoms with Crippen molar-refractivity contribution in [2.45, 2.75) is 32.5 Å². The van der Waals surface area contributed by atoms with Crippen LogP contribution in [0.15, 0.2) is 54.6 Å². The first kappa shape index (κ1) is 23.4. The number of hydrogen-bond acceptors (Lipinski definition) is 5. The van der Waals surface area contributed by atoms with E-state index in [4.69, 9.17) is 9.47 Å². The molecule has 0 bridgehead atoms. The van der Waals surface area contributed by atoms with Gasteiger partial charge in [0.15, 0.2) is 6.17 Å². The van der Waals surface area contributed by atoms with E-state index < -0.39 is 24.3 Å². The number of carbonyl (C=O) groups excluding carboxylic acids is 3. The Kier molecular flexibility index (Phi) is 6.63. The molecule has 1 unspecified atom stereocenters. The molecule has 2 aliphatic heterocycles. The Morgan fingerprint density at radius 3 is 2.29 bits per heavy atom. The van der Waals surface area contributed by atoms with Crippen LogP contribution >= 0.6 is 0 Å². The van der Waals surface area contributed by atoms with Crippen LogP contribution in [0.3, 0.4) is 0 Å². The molecule has 0 radical (unpaired) electrons. The number of nitrogens with zero attached hydrogens (tertiary/aromatic N) is 4. The number of ether oxygens (including phenoxy) is 2. The van der Waals surface area contributed by atoms with Gasteiger partial charge in [-0.1, -0.05) is 44.2 Å². The van der Waals surface area contributed by atoms with Crippen molar-refractivity contribution in [2.24, 2.45) is 5.92 Å². The highest BCUT2D eigenvalue weighted by molar-refractivity contribution is 5.92. The van der Waals surface area contributed by atoms with Crippen molar-refractivity contribution in [1.82, 2.24) is 19.8 Å². The molecular weight excluding hydrogens is 436 g/mol. The third kappa shape index (κ3) is 4.37. The molecule has 34 heavy (non-hydrogen) atoms. The summed E-state index contributed by atoms with van der Waals surface area (Å²) in [6.45, 7) is 4.95. The molecule has 9 heteroatoms. The number of fused-ring (bicyclic) bond motifs is 1. The lowest BCUT2D eigenvalue weighted by Crippen LogP contribution is -2.60. The van der Waals surface area contributed by atoms with Crippen LogP contribution < -0.4 is 9.47 Å². The zero-order valence-electron chi connectivity index (χ0n) is 19.9. The number of urea groups is 1. The van der Waals surface area contributed by atoms with Crippen molar-refractivity contribution in [3.63, 3.8) is 0 Å². The fourth-order valence-corrected chi connectivity index (χ4v) is 4.32. The molecule has 0 saturated carbocycles. The quantitative estimate of drug-likeness (QED) is 0.648. The molecular formula is C25H30N4O5. The number of piperazine rings is 1. The van der Waals surface area contributed by atoms with Crippen molar-refractivity contribution in [2.75, 3.05) is 27.2 Å². The molecule has 0 N–H and O–H groups in total. The van der Waals surface area contributed by atoms with Gasteiger partial charge in [-0.3, -0.25) is 9.69 Å². The molecule has 2 heterocycles. The molecule has 2 fully saturated rings. The highest BCUT2D eigenvalue weighted by Crippen LogP contribution is 2.37. The Balaban J connectivity index is 1.65. The highest BCUT2D eigenvalue weighted by atomic mass is 16.6. The summed E-state index contributed by atoms with van der Waals surface area (Å²) in [6.07, 6.45) is -0.558. The Labute approximate surface area is 199 Å². The summed E-state index contributed by atoms with van der Waals surface area (Å²) >= 11 is 0. The molecule has 180 valence electrons. The predicted molar refractivity (Wildman–Crippen MR) is 125 cm³/mol. The molecule has 9 nitrogen and oxygen atoms in total. The van der Waals surface area contributed by atoms with E-state index in [1.807, 2.05) is 30.3 Å². The highest BCUT2D eigenvalue weighted by Gasteiger charge is 2.55. The SMILES string of the molecule is COc1ccc(OC(=O)N2C3CN(CCC(C)C)C(=O)[C@H](c4ccccc4)N3C(=O)N2C)cc1. The first-order chi connectivity index (χ1) is 16.3. The summed E-state index contributed by atoms with van der Waals surface area (Å²) < 4.78 is 10.7. The van der Waals surface area contributed by atoms with E-state index in [0.717, 1.165) is 6.42 Å².